The van der Waals surface area contributed by atoms with Crippen molar-refractivity contribution in [1.82, 2.24) is 20.2 Å². The van der Waals surface area contributed by atoms with E-state index < -0.39 is 0 Å². The minimum Gasteiger partial charge on any atom is -0.367 e. The SMILES string of the molecule is CC1CN(c2ncnc3[nH]ncc23)CC(c2ccc(F)cc2)O1. The number of H-pyrrole nitrogens is 1. The number of hydrogen-bond donors (Lipinski definition) is 1. The van der Waals surface area contributed by atoms with Crippen LogP contribution >= 0.6 is 0 Å². The average molecular weight is 313 g/mol. The lowest BCUT2D eigenvalue weighted by atomic mass is 10.1. The lowest BCUT2D eigenvalue weighted by Crippen LogP contribution is -2.43. The quantitative estimate of drug-likeness (QED) is 0.787. The number of nitrogens with zero attached hydrogens (tertiary/aromatic N) is 4. The molecule has 3 heterocycles. The van der Waals surface area contributed by atoms with Gasteiger partial charge in [-0.1, -0.05) is 12.1 Å². The van der Waals surface area contributed by atoms with E-state index in [-0.39, 0.29) is 18.0 Å². The Hall–Kier alpha value is -2.54. The van der Waals surface area contributed by atoms with E-state index >= 15 is 0 Å². The maximum absolute atomic E-state index is 13.1. The topological polar surface area (TPSA) is 66.9 Å². The van der Waals surface area contributed by atoms with Crippen molar-refractivity contribution in [1.29, 1.82) is 0 Å². The van der Waals surface area contributed by atoms with Gasteiger partial charge in [-0.2, -0.15) is 5.10 Å². The molecular weight excluding hydrogens is 297 g/mol. The Labute approximate surface area is 132 Å². The van der Waals surface area contributed by atoms with Gasteiger partial charge in [0.1, 0.15) is 24.1 Å². The van der Waals surface area contributed by atoms with Crippen molar-refractivity contribution in [3.63, 3.8) is 0 Å². The van der Waals surface area contributed by atoms with Crippen LogP contribution in [0.4, 0.5) is 10.2 Å². The summed E-state index contributed by atoms with van der Waals surface area (Å²) in [6, 6.07) is 6.45. The van der Waals surface area contributed by atoms with Crippen molar-refractivity contribution in [3.8, 4) is 0 Å². The molecule has 1 aliphatic heterocycles. The second kappa shape index (κ2) is 5.58. The third kappa shape index (κ3) is 2.63. The summed E-state index contributed by atoms with van der Waals surface area (Å²) in [5, 5.41) is 7.78. The summed E-state index contributed by atoms with van der Waals surface area (Å²) in [4.78, 5) is 10.8. The summed E-state index contributed by atoms with van der Waals surface area (Å²) in [7, 11) is 0. The van der Waals surface area contributed by atoms with E-state index in [4.69, 9.17) is 4.74 Å². The first-order chi connectivity index (χ1) is 11.2. The molecular formula is C16H16FN5O. The second-order valence-electron chi connectivity index (χ2n) is 5.72. The fraction of sp³-hybridized carbons (Fsp3) is 0.312. The molecule has 1 saturated heterocycles. The van der Waals surface area contributed by atoms with Crippen LogP contribution in [0.2, 0.25) is 0 Å². The van der Waals surface area contributed by atoms with Crippen molar-refractivity contribution < 1.29 is 9.13 Å². The molecule has 4 rings (SSSR count). The van der Waals surface area contributed by atoms with Gasteiger partial charge in [-0.15, -0.1) is 0 Å². The predicted octanol–water partition coefficient (Wildman–Crippen LogP) is 2.46. The van der Waals surface area contributed by atoms with Crippen LogP contribution in [0.25, 0.3) is 11.0 Å². The highest BCUT2D eigenvalue weighted by atomic mass is 19.1. The Morgan fingerprint density at radius 2 is 2.04 bits per heavy atom. The van der Waals surface area contributed by atoms with Crippen LogP contribution < -0.4 is 4.90 Å². The molecule has 1 aliphatic rings. The number of nitrogens with one attached hydrogen (secondary N) is 1. The molecule has 1 fully saturated rings. The molecule has 1 N–H and O–H groups in total. The van der Waals surface area contributed by atoms with Gasteiger partial charge in [-0.05, 0) is 24.6 Å². The van der Waals surface area contributed by atoms with E-state index in [0.717, 1.165) is 23.3 Å². The summed E-state index contributed by atoms with van der Waals surface area (Å²) in [5.41, 5.74) is 1.67. The minimum atomic E-state index is -0.245. The van der Waals surface area contributed by atoms with Gasteiger partial charge in [0.15, 0.2) is 5.65 Å². The number of aromatic amines is 1. The Balaban J connectivity index is 1.67. The van der Waals surface area contributed by atoms with E-state index in [9.17, 15) is 4.39 Å². The normalized spacial score (nSPS) is 21.7. The standard InChI is InChI=1S/C16H16FN5O/c1-10-7-22(16-13-6-20-21-15(13)18-9-19-16)8-14(23-10)11-2-4-12(17)5-3-11/h2-6,9-10,14H,7-8H2,1H3,(H,18,19,20,21). The van der Waals surface area contributed by atoms with E-state index in [2.05, 4.69) is 25.1 Å². The number of morpholine rings is 1. The van der Waals surface area contributed by atoms with Crippen molar-refractivity contribution in [2.24, 2.45) is 0 Å². The molecule has 6 nitrogen and oxygen atoms in total. The monoisotopic (exact) mass is 313 g/mol. The Morgan fingerprint density at radius 1 is 1.22 bits per heavy atom. The summed E-state index contributed by atoms with van der Waals surface area (Å²) >= 11 is 0. The minimum absolute atomic E-state index is 0.0377. The summed E-state index contributed by atoms with van der Waals surface area (Å²) in [6.07, 6.45) is 3.17. The van der Waals surface area contributed by atoms with Crippen LogP contribution in [0.5, 0.6) is 0 Å². The fourth-order valence-electron chi connectivity index (χ4n) is 2.99. The predicted molar refractivity (Wildman–Crippen MR) is 83.6 cm³/mol. The molecule has 0 bridgehead atoms. The van der Waals surface area contributed by atoms with Gasteiger partial charge in [0.25, 0.3) is 0 Å². The summed E-state index contributed by atoms with van der Waals surface area (Å²) in [6.45, 7) is 3.40. The zero-order chi connectivity index (χ0) is 15.8. The lowest BCUT2D eigenvalue weighted by Gasteiger charge is -2.37. The van der Waals surface area contributed by atoms with Gasteiger partial charge in [0.05, 0.1) is 17.7 Å². The molecule has 0 aliphatic carbocycles. The average Bonchev–Trinajstić information content (AvgIpc) is 3.03. The highest BCUT2D eigenvalue weighted by molar-refractivity contribution is 5.86. The zero-order valence-electron chi connectivity index (χ0n) is 12.6. The number of ether oxygens (including phenoxy) is 1. The maximum Gasteiger partial charge on any atom is 0.160 e. The molecule has 2 atom stereocenters. The number of anilines is 1. The van der Waals surface area contributed by atoms with Gasteiger partial charge in [-0.25, -0.2) is 14.4 Å². The number of fused-ring (bicyclic) bond motifs is 1. The van der Waals surface area contributed by atoms with E-state index in [0.29, 0.717) is 12.2 Å². The number of hydrogen-bond acceptors (Lipinski definition) is 5. The molecule has 0 saturated carbocycles. The van der Waals surface area contributed by atoms with Crippen LogP contribution in [-0.2, 0) is 4.74 Å². The number of aromatic nitrogens is 4. The number of rotatable bonds is 2. The second-order valence-corrected chi connectivity index (χ2v) is 5.72. The first-order valence-electron chi connectivity index (χ1n) is 7.50. The van der Waals surface area contributed by atoms with Crippen LogP contribution in [0, 0.1) is 5.82 Å². The Kier molecular flexibility index (Phi) is 3.42. The van der Waals surface area contributed by atoms with Crippen LogP contribution in [0.1, 0.15) is 18.6 Å². The molecule has 0 amide bonds. The highest BCUT2D eigenvalue weighted by Crippen LogP contribution is 2.30. The highest BCUT2D eigenvalue weighted by Gasteiger charge is 2.28. The van der Waals surface area contributed by atoms with E-state index in [1.54, 1.807) is 18.3 Å². The third-order valence-corrected chi connectivity index (χ3v) is 4.03. The van der Waals surface area contributed by atoms with E-state index in [1.165, 1.54) is 18.5 Å². The Morgan fingerprint density at radius 3 is 2.87 bits per heavy atom. The van der Waals surface area contributed by atoms with Crippen molar-refractivity contribution >= 4 is 16.9 Å². The largest absolute Gasteiger partial charge is 0.367 e. The van der Waals surface area contributed by atoms with Gasteiger partial charge in [0, 0.05) is 13.1 Å². The molecule has 0 spiro atoms. The molecule has 2 unspecified atom stereocenters. The number of benzene rings is 1. The smallest absolute Gasteiger partial charge is 0.160 e. The molecule has 1 aromatic carbocycles. The van der Waals surface area contributed by atoms with Gasteiger partial charge in [-0.3, -0.25) is 5.10 Å². The fourth-order valence-corrected chi connectivity index (χ4v) is 2.99. The van der Waals surface area contributed by atoms with E-state index in [1.807, 2.05) is 6.92 Å². The number of halogens is 1. The first kappa shape index (κ1) is 14.1. The van der Waals surface area contributed by atoms with Gasteiger partial charge >= 0.3 is 0 Å². The van der Waals surface area contributed by atoms with Crippen molar-refractivity contribution in [2.75, 3.05) is 18.0 Å². The summed E-state index contributed by atoms with van der Waals surface area (Å²) in [5.74, 6) is 0.594. The molecule has 7 heteroatoms. The maximum atomic E-state index is 13.1. The Bertz CT molecular complexity index is 819. The van der Waals surface area contributed by atoms with Crippen molar-refractivity contribution in [3.05, 3.63) is 48.2 Å². The zero-order valence-corrected chi connectivity index (χ0v) is 12.6. The van der Waals surface area contributed by atoms with Crippen LogP contribution in [-0.4, -0.2) is 39.4 Å². The summed E-state index contributed by atoms with van der Waals surface area (Å²) < 4.78 is 19.2. The van der Waals surface area contributed by atoms with Gasteiger partial charge in [0.2, 0.25) is 0 Å². The van der Waals surface area contributed by atoms with Crippen LogP contribution in [0.15, 0.2) is 36.8 Å². The van der Waals surface area contributed by atoms with Crippen molar-refractivity contribution in [2.45, 2.75) is 19.1 Å². The first-order valence-corrected chi connectivity index (χ1v) is 7.50. The van der Waals surface area contributed by atoms with Gasteiger partial charge < -0.3 is 9.64 Å². The molecule has 118 valence electrons. The molecule has 3 aromatic rings. The molecule has 2 aromatic heterocycles. The molecule has 23 heavy (non-hydrogen) atoms. The third-order valence-electron chi connectivity index (χ3n) is 4.03. The lowest BCUT2D eigenvalue weighted by molar-refractivity contribution is -0.0175. The molecule has 0 radical (unpaired) electrons. The van der Waals surface area contributed by atoms with Crippen LogP contribution in [0.3, 0.4) is 0 Å².